The Balaban J connectivity index is 14.4. The summed E-state index contributed by atoms with van der Waals surface area (Å²) in [6.07, 6.45) is -328. The van der Waals surface area contributed by atoms with Crippen molar-refractivity contribution in [3.05, 3.63) is 0 Å². The van der Waals surface area contributed by atoms with Crippen LogP contribution in [-0.2, 0) is 0 Å². The molecule has 866 valence electrons. The number of hydrogen-bond donors (Lipinski definition) is 0. The molecule has 0 saturated carbocycles. The average molecular weight is 2400 g/mol. The minimum absolute atomic E-state index is 9.75. The molecule has 0 amide bonds. The third-order valence-electron chi connectivity index (χ3n) is 19.9. The molecule has 0 aromatic heterocycles. The van der Waals surface area contributed by atoms with E-state index in [9.17, 15) is 140 Å². The van der Waals surface area contributed by atoms with Crippen LogP contribution in [0.15, 0.2) is 0 Å². The second kappa shape index (κ2) is 32.9. The summed E-state index contributed by atoms with van der Waals surface area (Å²) in [5.74, 6) is 0. The number of hydrogen-bond acceptors (Lipinski definition) is 0. The Morgan fingerprint density at radius 1 is 0.0694 bits per heavy atom. The summed E-state index contributed by atoms with van der Waals surface area (Å²) in [4.78, 5) is 0. The normalized spacial score (nSPS) is 25.4. The Bertz CT molecular complexity index is 4100. The molecule has 0 nitrogen and oxygen atoms in total. The van der Waals surface area contributed by atoms with Gasteiger partial charge in [-0.05, 0) is 0 Å². The van der Waals surface area contributed by atoms with Gasteiger partial charge in [-0.2, -0.15) is 316 Å². The summed E-state index contributed by atoms with van der Waals surface area (Å²) >= 11 is 0. The van der Waals surface area contributed by atoms with Gasteiger partial charge in [0.2, 0.25) is 12.3 Å². The Labute approximate surface area is 708 Å². The van der Waals surface area contributed by atoms with Crippen LogP contribution in [0.4, 0.5) is 421 Å². The lowest BCUT2D eigenvalue weighted by Crippen LogP contribution is -3.00. The molecule has 24 atom stereocenters. The van der Waals surface area contributed by atoms with Crippen molar-refractivity contribution in [3.8, 4) is 0 Å². The summed E-state index contributed by atoms with van der Waals surface area (Å²) in [7, 11) is 0. The predicted molar refractivity (Wildman–Crippen MR) is 240 cm³/mol. The maximum Gasteiger partial charge on any atom is 0.430 e. The average Bonchev–Trinajstić information content (AvgIpc) is 0.615. The molecule has 0 aliphatic carbocycles. The third kappa shape index (κ3) is 14.9. The van der Waals surface area contributed by atoms with Gasteiger partial charge in [-0.1, -0.05) is 0 Å². The van der Waals surface area contributed by atoms with Crippen LogP contribution in [0.1, 0.15) is 0 Å². The highest BCUT2D eigenvalue weighted by molar-refractivity contribution is 5.51. The van der Waals surface area contributed by atoms with Crippen LogP contribution in [0.5, 0.6) is 0 Å². The van der Waals surface area contributed by atoms with Crippen molar-refractivity contribution in [2.24, 2.45) is 0 Å². The molecule has 0 rings (SSSR count). The van der Waals surface area contributed by atoms with Crippen LogP contribution in [0.25, 0.3) is 0 Å². The zero-order chi connectivity index (χ0) is 120. The Kier molecular flexibility index (Phi) is 31.4. The first-order chi connectivity index (χ1) is 60.1. The molecule has 0 N–H and O–H groups in total. The highest BCUT2D eigenvalue weighted by atomic mass is 19.5. The first kappa shape index (κ1) is 137. The highest BCUT2D eigenvalue weighted by Gasteiger charge is 3.21. The highest BCUT2D eigenvalue weighted by Crippen LogP contribution is 2.88. The molecule has 0 aromatic rings. The second-order valence-electron chi connectivity index (χ2n) is 27.4. The van der Waals surface area contributed by atoms with E-state index in [2.05, 4.69) is 0 Å². The molecule has 144 heavy (non-hydrogen) atoms. The van der Waals surface area contributed by atoms with Gasteiger partial charge < -0.3 is 0 Å². The first-order valence-electron chi connectivity index (χ1n) is 30.1. The SMILES string of the molecule is FC(C(F)(F)F)C(F)(C(F)(F)F)C(F)(C(F)(F)F)C(F)(C(F)(F)F)C(F)(C(F)(F)F)C(F)(C(F)(F)F)C(F)(C(F)(F)F)C(F)(C(F)(F)F)C(F)(C(F)(F)F)C(F)(C(F)(F)F)C(F)(C(F)(F)F)C(F)(C(F)(F)F)C(F)(C(F)(F)F)C(F)(C(F)(F)F)C(F)(C(F)(F)F)C(F)(C(F)(F)F)C(F)(C(F)(F)F)C(F)(C(F)(F)F)C(F)(C(F)(F)F)C(F)(C(F)(F)F)C(F)(C(F)(F)F)C(F)(C(F)(F)F)C(F)(C(F)C(F)(F)F)C(F)(F)F. The fourth-order valence-electron chi connectivity index (χ4n) is 14.1. The molecule has 96 heteroatoms. The van der Waals surface area contributed by atoms with E-state index in [0.29, 0.717) is 0 Å². The summed E-state index contributed by atoms with van der Waals surface area (Å²) in [6.45, 7) is 0. The molecule has 0 saturated heterocycles. The van der Waals surface area contributed by atoms with E-state index in [4.69, 9.17) is 0 Å². The Morgan fingerprint density at radius 2 is 0.118 bits per heavy atom. The molecular weight excluding hydrogens is 2400 g/mol. The summed E-state index contributed by atoms with van der Waals surface area (Å²) < 4.78 is 1480. The summed E-state index contributed by atoms with van der Waals surface area (Å²) in [6, 6.07) is 0. The van der Waals surface area contributed by atoms with Crippen molar-refractivity contribution in [3.63, 3.8) is 0 Å². The van der Waals surface area contributed by atoms with Crippen molar-refractivity contribution in [2.45, 2.75) is 285 Å². The van der Waals surface area contributed by atoms with Gasteiger partial charge >= 0.3 is 148 Å². The van der Waals surface area contributed by atoms with E-state index in [1.165, 1.54) is 0 Å². The molecule has 24 unspecified atom stereocenters. The van der Waals surface area contributed by atoms with Gasteiger partial charge in [-0.25, -0.2) is 105 Å². The third-order valence-corrected chi connectivity index (χ3v) is 19.9. The lowest BCUT2D eigenvalue weighted by atomic mass is 9.47. The summed E-state index contributed by atoms with van der Waals surface area (Å²) in [5, 5.41) is 0. The molecule has 0 aromatic carbocycles. The maximum absolute atomic E-state index is 17.7. The molecule has 0 aliphatic rings. The van der Waals surface area contributed by atoms with Gasteiger partial charge in [0.25, 0.3) is 125 Å². The van der Waals surface area contributed by atoms with Crippen LogP contribution in [-0.4, -0.2) is 285 Å². The van der Waals surface area contributed by atoms with E-state index in [1.54, 1.807) is 0 Å². The van der Waals surface area contributed by atoms with E-state index < -0.39 is 285 Å². The van der Waals surface area contributed by atoms with Gasteiger partial charge in [0.05, 0.1) is 0 Å². The second-order valence-corrected chi connectivity index (χ2v) is 27.4. The van der Waals surface area contributed by atoms with Crippen LogP contribution in [0, 0.1) is 0 Å². The Hall–Kier alpha value is -6.72. The van der Waals surface area contributed by atoms with Crippen LogP contribution >= 0.6 is 0 Å². The van der Waals surface area contributed by atoms with E-state index in [-0.39, 0.29) is 0 Å². The Morgan fingerprint density at radius 3 is 0.153 bits per heavy atom. The molecule has 0 spiro atoms. The maximum atomic E-state index is 17.7. The first-order valence-corrected chi connectivity index (χ1v) is 30.1. The van der Waals surface area contributed by atoms with Crippen molar-refractivity contribution in [2.75, 3.05) is 0 Å². The fourth-order valence-corrected chi connectivity index (χ4v) is 14.1. The van der Waals surface area contributed by atoms with Crippen molar-refractivity contribution < 1.29 is 421 Å². The molecule has 0 bridgehead atoms. The van der Waals surface area contributed by atoms with E-state index in [1.807, 2.05) is 0 Å². The van der Waals surface area contributed by atoms with Gasteiger partial charge in [0, 0.05) is 0 Å². The largest absolute Gasteiger partial charge is 0.430 e. The van der Waals surface area contributed by atoms with Crippen molar-refractivity contribution >= 4 is 0 Å². The predicted octanol–water partition coefficient (Wildman–Crippen LogP) is 30.7. The lowest BCUT2D eigenvalue weighted by Gasteiger charge is -2.64. The quantitative estimate of drug-likeness (QED) is 0.0895. The lowest BCUT2D eigenvalue weighted by molar-refractivity contribution is -0.542. The van der Waals surface area contributed by atoms with Crippen molar-refractivity contribution in [1.29, 1.82) is 0 Å². The molecule has 0 fully saturated rings. The van der Waals surface area contributed by atoms with Crippen LogP contribution in [0.3, 0.4) is 0 Å². The van der Waals surface area contributed by atoms with Crippen molar-refractivity contribution in [1.82, 2.24) is 0 Å². The van der Waals surface area contributed by atoms with Gasteiger partial charge in [0.15, 0.2) is 0 Å². The molecule has 0 heterocycles. The van der Waals surface area contributed by atoms with Gasteiger partial charge in [0.1, 0.15) is 0 Å². The van der Waals surface area contributed by atoms with Crippen LogP contribution < -0.4 is 0 Å². The zero-order valence-corrected chi connectivity index (χ0v) is 60.4. The van der Waals surface area contributed by atoms with E-state index >= 15 is 281 Å². The minimum Gasteiger partial charge on any atom is -0.233 e. The molecular formula is C48H2F96. The number of rotatable bonds is 23. The van der Waals surface area contributed by atoms with Gasteiger partial charge in [-0.15, -0.1) is 0 Å². The number of halogens is 96. The van der Waals surface area contributed by atoms with E-state index in [0.717, 1.165) is 0 Å². The molecule has 0 radical (unpaired) electrons. The van der Waals surface area contributed by atoms with Gasteiger partial charge in [-0.3, -0.25) is 0 Å². The number of alkyl halides is 96. The molecule has 0 aliphatic heterocycles. The topological polar surface area (TPSA) is 0 Å². The summed E-state index contributed by atoms with van der Waals surface area (Å²) in [5.41, 5.74) is -325. The minimum atomic E-state index is -15.8. The smallest absolute Gasteiger partial charge is 0.233 e. The van der Waals surface area contributed by atoms with Crippen LogP contribution in [0.2, 0.25) is 0 Å². The fraction of sp³-hybridized carbons (Fsp3) is 1.00. The zero-order valence-electron chi connectivity index (χ0n) is 60.4. The standard InChI is InChI=1S/C48H2F96/c49-1(5(53,54)55)3(51,27(79,80)81)7(59,29(85,86)87)9(61,31(91,92)93)11(63,33(97,98)99)13(65,35(103,104)105)15(67,37(109,110)111)17(69,39(115,116)117)19(71,41(121,122)123)21(73,43(127,128)129)23(75,45(133,134)135)25(77,47(139,140)141)26(78,48(142,143)144)24(76,46(136,137)138)22(74,44(130,131)132)20(72,42(124,125)126)18(70,40(118,119)120)16(68,38(112,113)114)14(66,36(106,107)108)12(64,34(100,101)102)10(62,32(94,95)96)8(60,30(88,89)90)4(52,28(82,83)84)2(50)6(56,57)58/h1-2H. The monoisotopic (exact) mass is 2400 g/mol.